The summed E-state index contributed by atoms with van der Waals surface area (Å²) >= 11 is 5.90. The third-order valence-electron chi connectivity index (χ3n) is 2.93. The Bertz CT molecular complexity index is 552. The van der Waals surface area contributed by atoms with Gasteiger partial charge in [0.15, 0.2) is 0 Å². The predicted molar refractivity (Wildman–Crippen MR) is 74.2 cm³/mol. The molecule has 0 bridgehead atoms. The first-order valence-electron chi connectivity index (χ1n) is 5.46. The molecule has 0 amide bonds. The van der Waals surface area contributed by atoms with E-state index in [0.717, 1.165) is 11.3 Å². The molecule has 100 valence electrons. The first-order chi connectivity index (χ1) is 8.45. The average Bonchev–Trinajstić information content (AvgIpc) is 2.98. The standard InChI is InChI=1S/C10H14N2O3S3/c11-10(16)8-1-2-9(17-8)18(14,15)12-4-3-7(5-12)6-13/h1-2,7,13H,3-6H2,(H2,11,16). The number of thiophene rings is 1. The Morgan fingerprint density at radius 1 is 1.61 bits per heavy atom. The minimum Gasteiger partial charge on any atom is -0.396 e. The largest absolute Gasteiger partial charge is 0.396 e. The lowest BCUT2D eigenvalue weighted by atomic mass is 10.1. The Morgan fingerprint density at radius 2 is 2.33 bits per heavy atom. The van der Waals surface area contributed by atoms with Crippen LogP contribution in [0.2, 0.25) is 0 Å². The zero-order valence-corrected chi connectivity index (χ0v) is 12.0. The summed E-state index contributed by atoms with van der Waals surface area (Å²) in [6.45, 7) is 0.849. The number of hydrogen-bond donors (Lipinski definition) is 2. The maximum atomic E-state index is 12.3. The summed E-state index contributed by atoms with van der Waals surface area (Å²) in [5, 5.41) is 9.04. The fourth-order valence-corrected chi connectivity index (χ4v) is 4.92. The van der Waals surface area contributed by atoms with Crippen LogP contribution in [0.1, 0.15) is 11.3 Å². The molecule has 0 aliphatic carbocycles. The van der Waals surface area contributed by atoms with E-state index in [2.05, 4.69) is 0 Å². The van der Waals surface area contributed by atoms with E-state index < -0.39 is 10.0 Å². The monoisotopic (exact) mass is 306 g/mol. The normalized spacial score (nSPS) is 21.3. The van der Waals surface area contributed by atoms with Crippen LogP contribution < -0.4 is 5.73 Å². The van der Waals surface area contributed by atoms with E-state index in [9.17, 15) is 8.42 Å². The molecule has 18 heavy (non-hydrogen) atoms. The second-order valence-electron chi connectivity index (χ2n) is 4.18. The maximum Gasteiger partial charge on any atom is 0.252 e. The van der Waals surface area contributed by atoms with Gasteiger partial charge in [0.05, 0.1) is 4.88 Å². The van der Waals surface area contributed by atoms with Crippen molar-refractivity contribution in [3.05, 3.63) is 17.0 Å². The molecule has 3 N–H and O–H groups in total. The number of hydrogen-bond acceptors (Lipinski definition) is 5. The van der Waals surface area contributed by atoms with E-state index in [-0.39, 0.29) is 21.7 Å². The Labute approximate surface area is 115 Å². The lowest BCUT2D eigenvalue weighted by Gasteiger charge is -2.14. The molecular formula is C10H14N2O3S3. The fourth-order valence-electron chi connectivity index (χ4n) is 1.88. The van der Waals surface area contributed by atoms with E-state index in [1.165, 1.54) is 10.4 Å². The second kappa shape index (κ2) is 5.22. The van der Waals surface area contributed by atoms with Gasteiger partial charge in [-0.3, -0.25) is 0 Å². The van der Waals surface area contributed by atoms with E-state index in [0.29, 0.717) is 24.4 Å². The van der Waals surface area contributed by atoms with Crippen molar-refractivity contribution in [1.29, 1.82) is 0 Å². The third kappa shape index (κ3) is 2.57. The molecule has 0 spiro atoms. The van der Waals surface area contributed by atoms with Gasteiger partial charge >= 0.3 is 0 Å². The minimum atomic E-state index is -3.47. The van der Waals surface area contributed by atoms with Crippen LogP contribution in [0.25, 0.3) is 0 Å². The molecule has 1 aliphatic heterocycles. The number of aliphatic hydroxyl groups is 1. The summed E-state index contributed by atoms with van der Waals surface area (Å²) < 4.78 is 26.3. The number of rotatable bonds is 4. The van der Waals surface area contributed by atoms with Gasteiger partial charge in [-0.1, -0.05) is 12.2 Å². The Kier molecular flexibility index (Phi) is 4.02. The Hall–Kier alpha value is -0.540. The highest BCUT2D eigenvalue weighted by Crippen LogP contribution is 2.28. The molecule has 1 unspecified atom stereocenters. The van der Waals surface area contributed by atoms with Crippen LogP contribution >= 0.6 is 23.6 Å². The molecule has 5 nitrogen and oxygen atoms in total. The van der Waals surface area contributed by atoms with Crippen molar-refractivity contribution in [2.75, 3.05) is 19.7 Å². The van der Waals surface area contributed by atoms with Gasteiger partial charge in [0.25, 0.3) is 10.0 Å². The van der Waals surface area contributed by atoms with Crippen LogP contribution in [-0.2, 0) is 10.0 Å². The molecule has 0 aromatic carbocycles. The van der Waals surface area contributed by atoms with E-state index >= 15 is 0 Å². The number of sulfonamides is 1. The highest BCUT2D eigenvalue weighted by molar-refractivity contribution is 7.91. The van der Waals surface area contributed by atoms with Crippen molar-refractivity contribution in [1.82, 2.24) is 4.31 Å². The quantitative estimate of drug-likeness (QED) is 0.786. The van der Waals surface area contributed by atoms with Crippen LogP contribution in [0.5, 0.6) is 0 Å². The molecule has 1 saturated heterocycles. The van der Waals surface area contributed by atoms with E-state index in [1.54, 1.807) is 6.07 Å². The Balaban J connectivity index is 2.23. The topological polar surface area (TPSA) is 83.6 Å². The zero-order chi connectivity index (χ0) is 13.3. The summed E-state index contributed by atoms with van der Waals surface area (Å²) in [7, 11) is -3.47. The van der Waals surface area contributed by atoms with Crippen molar-refractivity contribution in [2.24, 2.45) is 11.7 Å². The van der Waals surface area contributed by atoms with Crippen LogP contribution in [0.4, 0.5) is 0 Å². The van der Waals surface area contributed by atoms with Crippen molar-refractivity contribution in [3.8, 4) is 0 Å². The minimum absolute atomic E-state index is 0.0224. The molecule has 1 aromatic heterocycles. The fraction of sp³-hybridized carbons (Fsp3) is 0.500. The first kappa shape index (κ1) is 13.9. The molecule has 2 rings (SSSR count). The zero-order valence-electron chi connectivity index (χ0n) is 9.57. The van der Waals surface area contributed by atoms with Crippen molar-refractivity contribution < 1.29 is 13.5 Å². The highest BCUT2D eigenvalue weighted by atomic mass is 32.2. The molecule has 1 aromatic rings. The maximum absolute atomic E-state index is 12.3. The van der Waals surface area contributed by atoms with Crippen molar-refractivity contribution in [3.63, 3.8) is 0 Å². The number of nitrogens with two attached hydrogens (primary N) is 1. The van der Waals surface area contributed by atoms with Gasteiger partial charge in [-0.2, -0.15) is 4.31 Å². The summed E-state index contributed by atoms with van der Waals surface area (Å²) in [6, 6.07) is 3.15. The molecule has 2 heterocycles. The van der Waals surface area contributed by atoms with Gasteiger partial charge in [-0.25, -0.2) is 8.42 Å². The number of aliphatic hydroxyl groups excluding tert-OH is 1. The predicted octanol–water partition coefficient (Wildman–Crippen LogP) is 0.385. The lowest BCUT2D eigenvalue weighted by Crippen LogP contribution is -2.28. The van der Waals surface area contributed by atoms with Crippen molar-refractivity contribution in [2.45, 2.75) is 10.6 Å². The SMILES string of the molecule is NC(=S)c1ccc(S(=O)(=O)N2CCC(CO)C2)s1. The molecule has 8 heteroatoms. The van der Waals surface area contributed by atoms with Gasteiger partial charge in [-0.15, -0.1) is 11.3 Å². The van der Waals surface area contributed by atoms with Crippen LogP contribution in [0.3, 0.4) is 0 Å². The molecule has 1 aliphatic rings. The van der Waals surface area contributed by atoms with Crippen LogP contribution in [0, 0.1) is 5.92 Å². The van der Waals surface area contributed by atoms with Crippen molar-refractivity contribution >= 4 is 38.6 Å². The van der Waals surface area contributed by atoms with Crippen LogP contribution in [0.15, 0.2) is 16.3 Å². The van der Waals surface area contributed by atoms with Gasteiger partial charge in [0, 0.05) is 19.7 Å². The van der Waals surface area contributed by atoms with Crippen LogP contribution in [-0.4, -0.2) is 42.5 Å². The van der Waals surface area contributed by atoms with E-state index in [1.807, 2.05) is 0 Å². The van der Waals surface area contributed by atoms with Gasteiger partial charge in [0.2, 0.25) is 0 Å². The van der Waals surface area contributed by atoms with Gasteiger partial charge in [0.1, 0.15) is 9.20 Å². The molecular weight excluding hydrogens is 292 g/mol. The van der Waals surface area contributed by atoms with Gasteiger partial charge in [-0.05, 0) is 24.5 Å². The second-order valence-corrected chi connectivity index (χ2v) is 7.87. The molecule has 0 saturated carbocycles. The lowest BCUT2D eigenvalue weighted by molar-refractivity contribution is 0.233. The smallest absolute Gasteiger partial charge is 0.252 e. The molecule has 1 fully saturated rings. The summed E-state index contributed by atoms with van der Waals surface area (Å²) in [5.74, 6) is 0.0368. The van der Waals surface area contributed by atoms with E-state index in [4.69, 9.17) is 23.1 Å². The average molecular weight is 306 g/mol. The molecule has 0 radical (unpaired) electrons. The summed E-state index contributed by atoms with van der Waals surface area (Å²) in [5.41, 5.74) is 5.47. The Morgan fingerprint density at radius 3 is 2.83 bits per heavy atom. The summed E-state index contributed by atoms with van der Waals surface area (Å²) in [6.07, 6.45) is 0.698. The highest BCUT2D eigenvalue weighted by Gasteiger charge is 2.33. The molecule has 1 atom stereocenters. The summed E-state index contributed by atoms with van der Waals surface area (Å²) in [4.78, 5) is 0.803. The third-order valence-corrected chi connectivity index (χ3v) is 6.73. The number of thiocarbonyl (C=S) groups is 1. The first-order valence-corrected chi connectivity index (χ1v) is 8.12. The van der Waals surface area contributed by atoms with Gasteiger partial charge < -0.3 is 10.8 Å². The number of nitrogens with zero attached hydrogens (tertiary/aromatic N) is 1.